The fourth-order valence-corrected chi connectivity index (χ4v) is 1.69. The number of carbonyl (C=O) groups is 1. The van der Waals surface area contributed by atoms with E-state index in [0.717, 1.165) is 30.4 Å². The Balaban J connectivity index is 3.11. The molecule has 0 saturated heterocycles. The zero-order valence-electron chi connectivity index (χ0n) is 9.21. The highest BCUT2D eigenvalue weighted by Gasteiger charge is 2.13. The smallest absolute Gasteiger partial charge is 0.252 e. The first kappa shape index (κ1) is 11.6. The van der Waals surface area contributed by atoms with Gasteiger partial charge in [0.15, 0.2) is 0 Å². The lowest BCUT2D eigenvalue weighted by atomic mass is 9.97. The van der Waals surface area contributed by atoms with Crippen LogP contribution in [0.25, 0.3) is 0 Å². The highest BCUT2D eigenvalue weighted by atomic mass is 16.3. The monoisotopic (exact) mass is 207 g/mol. The van der Waals surface area contributed by atoms with Crippen LogP contribution < -0.4 is 5.73 Å². The topological polar surface area (TPSA) is 63.3 Å². The molecule has 0 heterocycles. The van der Waals surface area contributed by atoms with Crippen molar-refractivity contribution >= 4 is 5.91 Å². The van der Waals surface area contributed by atoms with Gasteiger partial charge in [0.2, 0.25) is 0 Å². The van der Waals surface area contributed by atoms with E-state index in [2.05, 4.69) is 6.92 Å². The van der Waals surface area contributed by atoms with Gasteiger partial charge in [0, 0.05) is 0 Å². The van der Waals surface area contributed by atoms with Gasteiger partial charge in [0.05, 0.1) is 5.56 Å². The molecular weight excluding hydrogens is 190 g/mol. The standard InChI is InChI=1S/C12H17NO2/c1-3-4-5-9-6-7-10(14)11(8(9)2)12(13)15/h6-7,14H,3-5H2,1-2H3,(H2,13,15). The first-order valence-corrected chi connectivity index (χ1v) is 5.19. The molecule has 0 unspecified atom stereocenters. The largest absolute Gasteiger partial charge is 0.507 e. The highest BCUT2D eigenvalue weighted by molar-refractivity contribution is 5.97. The number of carbonyl (C=O) groups excluding carboxylic acids is 1. The number of aromatic hydroxyl groups is 1. The molecule has 0 bridgehead atoms. The van der Waals surface area contributed by atoms with Gasteiger partial charge in [-0.25, -0.2) is 0 Å². The van der Waals surface area contributed by atoms with Gasteiger partial charge in [0.1, 0.15) is 5.75 Å². The number of primary amides is 1. The predicted octanol–water partition coefficient (Wildman–Crippen LogP) is 2.14. The van der Waals surface area contributed by atoms with Crippen LogP contribution >= 0.6 is 0 Å². The summed E-state index contributed by atoms with van der Waals surface area (Å²) in [6.07, 6.45) is 3.10. The number of hydrogen-bond acceptors (Lipinski definition) is 2. The average molecular weight is 207 g/mol. The molecule has 1 aromatic rings. The quantitative estimate of drug-likeness (QED) is 0.794. The third-order valence-electron chi connectivity index (χ3n) is 2.60. The second-order valence-corrected chi connectivity index (χ2v) is 3.71. The fraction of sp³-hybridized carbons (Fsp3) is 0.417. The normalized spacial score (nSPS) is 10.3. The van der Waals surface area contributed by atoms with E-state index in [1.807, 2.05) is 13.0 Å². The van der Waals surface area contributed by atoms with Crippen molar-refractivity contribution in [1.82, 2.24) is 0 Å². The summed E-state index contributed by atoms with van der Waals surface area (Å²) >= 11 is 0. The maximum Gasteiger partial charge on any atom is 0.252 e. The minimum absolute atomic E-state index is 0.0275. The Labute approximate surface area is 89.9 Å². The molecule has 0 saturated carbocycles. The predicted molar refractivity (Wildman–Crippen MR) is 60.0 cm³/mol. The molecule has 15 heavy (non-hydrogen) atoms. The van der Waals surface area contributed by atoms with Gasteiger partial charge in [-0.3, -0.25) is 4.79 Å². The SMILES string of the molecule is CCCCc1ccc(O)c(C(N)=O)c1C. The zero-order valence-corrected chi connectivity index (χ0v) is 9.21. The molecule has 0 atom stereocenters. The summed E-state index contributed by atoms with van der Waals surface area (Å²) < 4.78 is 0. The number of unbranched alkanes of at least 4 members (excludes halogenated alkanes) is 1. The van der Waals surface area contributed by atoms with Crippen LogP contribution in [0.1, 0.15) is 41.3 Å². The molecule has 82 valence electrons. The molecule has 0 aliphatic rings. The third kappa shape index (κ3) is 2.49. The third-order valence-corrected chi connectivity index (χ3v) is 2.60. The van der Waals surface area contributed by atoms with E-state index in [0.29, 0.717) is 0 Å². The summed E-state index contributed by atoms with van der Waals surface area (Å²) in [5.74, 6) is -0.594. The van der Waals surface area contributed by atoms with Gasteiger partial charge in [-0.1, -0.05) is 19.4 Å². The Kier molecular flexibility index (Phi) is 3.72. The van der Waals surface area contributed by atoms with Crippen LogP contribution in [0.2, 0.25) is 0 Å². The lowest BCUT2D eigenvalue weighted by Gasteiger charge is -2.10. The molecule has 0 fully saturated rings. The number of nitrogens with two attached hydrogens (primary N) is 1. The van der Waals surface area contributed by atoms with E-state index in [4.69, 9.17) is 5.73 Å². The second kappa shape index (κ2) is 4.82. The average Bonchev–Trinajstić information content (AvgIpc) is 2.16. The lowest BCUT2D eigenvalue weighted by Crippen LogP contribution is -2.14. The van der Waals surface area contributed by atoms with E-state index in [9.17, 15) is 9.90 Å². The minimum Gasteiger partial charge on any atom is -0.507 e. The number of hydrogen-bond donors (Lipinski definition) is 2. The molecule has 0 aliphatic heterocycles. The fourth-order valence-electron chi connectivity index (χ4n) is 1.69. The van der Waals surface area contributed by atoms with Gasteiger partial charge < -0.3 is 10.8 Å². The molecule has 1 rings (SSSR count). The summed E-state index contributed by atoms with van der Waals surface area (Å²) in [5, 5.41) is 9.51. The molecule has 3 N–H and O–H groups in total. The Morgan fingerprint density at radius 3 is 2.67 bits per heavy atom. The van der Waals surface area contributed by atoms with Crippen LogP contribution in [0, 0.1) is 6.92 Å². The van der Waals surface area contributed by atoms with E-state index < -0.39 is 5.91 Å². The van der Waals surface area contributed by atoms with Crippen molar-refractivity contribution in [2.75, 3.05) is 0 Å². The first-order chi connectivity index (χ1) is 7.07. The maximum absolute atomic E-state index is 11.1. The van der Waals surface area contributed by atoms with Crippen LogP contribution in [0.15, 0.2) is 12.1 Å². The maximum atomic E-state index is 11.1. The van der Waals surface area contributed by atoms with Gasteiger partial charge >= 0.3 is 0 Å². The van der Waals surface area contributed by atoms with Crippen molar-refractivity contribution < 1.29 is 9.90 Å². The summed E-state index contributed by atoms with van der Waals surface area (Å²) in [5.41, 5.74) is 7.36. The molecule has 0 aliphatic carbocycles. The van der Waals surface area contributed by atoms with Gasteiger partial charge in [-0.2, -0.15) is 0 Å². The van der Waals surface area contributed by atoms with Crippen molar-refractivity contribution in [3.8, 4) is 5.75 Å². The molecule has 1 amide bonds. The van der Waals surface area contributed by atoms with Crippen LogP contribution in [0.3, 0.4) is 0 Å². The molecule has 1 aromatic carbocycles. The van der Waals surface area contributed by atoms with E-state index >= 15 is 0 Å². The Bertz CT molecular complexity index is 372. The van der Waals surface area contributed by atoms with Crippen LogP contribution in [-0.4, -0.2) is 11.0 Å². The van der Waals surface area contributed by atoms with Crippen molar-refractivity contribution in [3.05, 3.63) is 28.8 Å². The summed E-state index contributed by atoms with van der Waals surface area (Å²) in [4.78, 5) is 11.1. The second-order valence-electron chi connectivity index (χ2n) is 3.71. The minimum atomic E-state index is -0.566. The number of rotatable bonds is 4. The summed E-state index contributed by atoms with van der Waals surface area (Å²) in [6, 6.07) is 3.39. The van der Waals surface area contributed by atoms with Crippen LogP contribution in [0.5, 0.6) is 5.75 Å². The molecule has 0 aromatic heterocycles. The molecule has 0 radical (unpaired) electrons. The van der Waals surface area contributed by atoms with Crippen LogP contribution in [-0.2, 0) is 6.42 Å². The molecule has 3 nitrogen and oxygen atoms in total. The first-order valence-electron chi connectivity index (χ1n) is 5.19. The van der Waals surface area contributed by atoms with Gasteiger partial charge in [-0.15, -0.1) is 0 Å². The van der Waals surface area contributed by atoms with Crippen LogP contribution in [0.4, 0.5) is 0 Å². The summed E-state index contributed by atoms with van der Waals surface area (Å²) in [6.45, 7) is 3.94. The van der Waals surface area contributed by atoms with Gasteiger partial charge in [0.25, 0.3) is 5.91 Å². The Hall–Kier alpha value is -1.51. The summed E-state index contributed by atoms with van der Waals surface area (Å²) in [7, 11) is 0. The lowest BCUT2D eigenvalue weighted by molar-refractivity contribution is 0.0997. The number of amides is 1. The van der Waals surface area contributed by atoms with E-state index in [1.54, 1.807) is 0 Å². The molecular formula is C12H17NO2. The van der Waals surface area contributed by atoms with E-state index in [1.165, 1.54) is 6.07 Å². The van der Waals surface area contributed by atoms with Crippen molar-refractivity contribution in [2.24, 2.45) is 5.73 Å². The molecule has 3 heteroatoms. The van der Waals surface area contributed by atoms with E-state index in [-0.39, 0.29) is 11.3 Å². The highest BCUT2D eigenvalue weighted by Crippen LogP contribution is 2.24. The zero-order chi connectivity index (χ0) is 11.4. The number of phenols is 1. The van der Waals surface area contributed by atoms with Crippen molar-refractivity contribution in [2.45, 2.75) is 33.1 Å². The number of benzene rings is 1. The molecule has 0 spiro atoms. The van der Waals surface area contributed by atoms with Crippen molar-refractivity contribution in [3.63, 3.8) is 0 Å². The Morgan fingerprint density at radius 1 is 1.47 bits per heavy atom. The Morgan fingerprint density at radius 2 is 2.13 bits per heavy atom. The van der Waals surface area contributed by atoms with Crippen molar-refractivity contribution in [1.29, 1.82) is 0 Å². The van der Waals surface area contributed by atoms with Gasteiger partial charge in [-0.05, 0) is 37.0 Å². The number of aryl methyl sites for hydroxylation is 1.